The predicted molar refractivity (Wildman–Crippen MR) is 89.1 cm³/mol. The van der Waals surface area contributed by atoms with Crippen LogP contribution in [0.15, 0.2) is 24.3 Å². The van der Waals surface area contributed by atoms with Gasteiger partial charge < -0.3 is 15.5 Å². The zero-order valence-corrected chi connectivity index (χ0v) is 14.0. The highest BCUT2D eigenvalue weighted by Gasteiger charge is 2.43. The van der Waals surface area contributed by atoms with E-state index >= 15 is 0 Å². The summed E-state index contributed by atoms with van der Waals surface area (Å²) < 4.78 is 0. The fraction of sp³-hybridized carbons (Fsp3) is 0.529. The van der Waals surface area contributed by atoms with Crippen LogP contribution in [0.3, 0.4) is 0 Å². The van der Waals surface area contributed by atoms with Gasteiger partial charge in [-0.3, -0.25) is 9.59 Å². The maximum absolute atomic E-state index is 12.7. The van der Waals surface area contributed by atoms with Gasteiger partial charge in [-0.15, -0.1) is 0 Å². The molecule has 124 valence electrons. The molecular formula is C17H22ClN3O2. The van der Waals surface area contributed by atoms with Gasteiger partial charge in [0.2, 0.25) is 11.8 Å². The third kappa shape index (κ3) is 3.51. The Balaban J connectivity index is 1.78. The number of hydrogen-bond donors (Lipinski definition) is 2. The van der Waals surface area contributed by atoms with Crippen LogP contribution < -0.4 is 10.6 Å². The van der Waals surface area contributed by atoms with Crippen molar-refractivity contribution in [1.29, 1.82) is 0 Å². The normalized spacial score (nSPS) is 28.0. The summed E-state index contributed by atoms with van der Waals surface area (Å²) in [5, 5.41) is 7.01. The number of rotatable bonds is 3. The minimum Gasteiger partial charge on any atom is -0.352 e. The Kier molecular flexibility index (Phi) is 4.87. The first kappa shape index (κ1) is 16.3. The van der Waals surface area contributed by atoms with E-state index < -0.39 is 0 Å². The summed E-state index contributed by atoms with van der Waals surface area (Å²) in [7, 11) is 1.75. The number of halogens is 1. The van der Waals surface area contributed by atoms with Crippen LogP contribution in [0.1, 0.15) is 30.9 Å². The number of amides is 2. The maximum Gasteiger partial charge on any atom is 0.226 e. The van der Waals surface area contributed by atoms with Crippen molar-refractivity contribution in [3.63, 3.8) is 0 Å². The Morgan fingerprint density at radius 2 is 2.26 bits per heavy atom. The lowest BCUT2D eigenvalue weighted by Crippen LogP contribution is -2.48. The lowest BCUT2D eigenvalue weighted by molar-refractivity contribution is -0.128. The number of carbonyl (C=O) groups excluding carboxylic acids is 2. The van der Waals surface area contributed by atoms with Crippen LogP contribution in [0.25, 0.3) is 0 Å². The summed E-state index contributed by atoms with van der Waals surface area (Å²) in [6.45, 7) is 1.80. The highest BCUT2D eigenvalue weighted by molar-refractivity contribution is 6.30. The smallest absolute Gasteiger partial charge is 0.226 e. The van der Waals surface area contributed by atoms with Crippen molar-refractivity contribution in [2.24, 2.45) is 5.92 Å². The summed E-state index contributed by atoms with van der Waals surface area (Å²) in [5.74, 6) is -0.411. The lowest BCUT2D eigenvalue weighted by atomic mass is 9.92. The van der Waals surface area contributed by atoms with Crippen LogP contribution in [0.2, 0.25) is 5.02 Å². The van der Waals surface area contributed by atoms with E-state index in [0.29, 0.717) is 5.02 Å². The van der Waals surface area contributed by atoms with Gasteiger partial charge in [0.05, 0.1) is 12.0 Å². The SMILES string of the molecule is CN1C(=O)CC(C(=O)N[C@H]2CCCNC2)C1c1cccc(Cl)c1. The molecule has 2 aliphatic rings. The Bertz CT molecular complexity index is 601. The third-order valence-electron chi connectivity index (χ3n) is 4.76. The van der Waals surface area contributed by atoms with E-state index in [1.54, 1.807) is 18.0 Å². The second-order valence-electron chi connectivity index (χ2n) is 6.37. The molecule has 3 rings (SSSR count). The van der Waals surface area contributed by atoms with E-state index in [1.807, 2.05) is 18.2 Å². The molecule has 0 spiro atoms. The number of carbonyl (C=O) groups is 2. The van der Waals surface area contributed by atoms with E-state index in [2.05, 4.69) is 10.6 Å². The first-order valence-corrected chi connectivity index (χ1v) is 8.46. The molecule has 3 atom stereocenters. The van der Waals surface area contributed by atoms with E-state index in [0.717, 1.165) is 31.5 Å². The number of benzene rings is 1. The summed E-state index contributed by atoms with van der Waals surface area (Å²) in [6, 6.07) is 7.31. The molecule has 0 bridgehead atoms. The summed E-state index contributed by atoms with van der Waals surface area (Å²) in [4.78, 5) is 26.5. The maximum atomic E-state index is 12.7. The molecule has 0 saturated carbocycles. The molecule has 2 fully saturated rings. The molecule has 2 heterocycles. The average Bonchev–Trinajstić information content (AvgIpc) is 2.84. The Hall–Kier alpha value is -1.59. The van der Waals surface area contributed by atoms with Gasteiger partial charge in [-0.25, -0.2) is 0 Å². The highest BCUT2D eigenvalue weighted by Crippen LogP contribution is 2.37. The molecule has 2 amide bonds. The number of likely N-dealkylation sites (tertiary alicyclic amines) is 1. The molecule has 1 aromatic carbocycles. The summed E-state index contributed by atoms with van der Waals surface area (Å²) in [6.07, 6.45) is 2.29. The van der Waals surface area contributed by atoms with E-state index in [9.17, 15) is 9.59 Å². The number of hydrogen-bond acceptors (Lipinski definition) is 3. The van der Waals surface area contributed by atoms with Crippen molar-refractivity contribution in [3.8, 4) is 0 Å². The van der Waals surface area contributed by atoms with E-state index in [1.165, 1.54) is 0 Å². The molecule has 6 heteroatoms. The largest absolute Gasteiger partial charge is 0.352 e. The molecule has 2 aliphatic heterocycles. The zero-order chi connectivity index (χ0) is 16.4. The van der Waals surface area contributed by atoms with Crippen LogP contribution in [0.4, 0.5) is 0 Å². The molecular weight excluding hydrogens is 314 g/mol. The van der Waals surface area contributed by atoms with E-state index in [4.69, 9.17) is 11.6 Å². The molecule has 1 aromatic rings. The third-order valence-corrected chi connectivity index (χ3v) is 4.99. The Morgan fingerprint density at radius 3 is 2.96 bits per heavy atom. The molecule has 0 aliphatic carbocycles. The van der Waals surface area contributed by atoms with Crippen molar-refractivity contribution in [1.82, 2.24) is 15.5 Å². The van der Waals surface area contributed by atoms with Gasteiger partial charge in [0.15, 0.2) is 0 Å². The first-order valence-electron chi connectivity index (χ1n) is 8.08. The minimum absolute atomic E-state index is 0.00288. The van der Waals surface area contributed by atoms with E-state index in [-0.39, 0.29) is 36.2 Å². The van der Waals surface area contributed by atoms with Crippen LogP contribution in [-0.4, -0.2) is 42.9 Å². The number of nitrogens with zero attached hydrogens (tertiary/aromatic N) is 1. The van der Waals surface area contributed by atoms with Crippen LogP contribution in [-0.2, 0) is 9.59 Å². The molecule has 2 unspecified atom stereocenters. The fourth-order valence-corrected chi connectivity index (χ4v) is 3.73. The zero-order valence-electron chi connectivity index (χ0n) is 13.2. The lowest BCUT2D eigenvalue weighted by Gasteiger charge is -2.28. The highest BCUT2D eigenvalue weighted by atomic mass is 35.5. The topological polar surface area (TPSA) is 61.4 Å². The van der Waals surface area contributed by atoms with Gasteiger partial charge in [-0.05, 0) is 37.1 Å². The summed E-state index contributed by atoms with van der Waals surface area (Å²) in [5.41, 5.74) is 0.910. The molecule has 23 heavy (non-hydrogen) atoms. The molecule has 0 radical (unpaired) electrons. The molecule has 2 N–H and O–H groups in total. The van der Waals surface area contributed by atoms with Gasteiger partial charge in [0.25, 0.3) is 0 Å². The van der Waals surface area contributed by atoms with Gasteiger partial charge in [0.1, 0.15) is 0 Å². The van der Waals surface area contributed by atoms with Gasteiger partial charge in [-0.2, -0.15) is 0 Å². The van der Waals surface area contributed by atoms with Crippen LogP contribution >= 0.6 is 11.6 Å². The van der Waals surface area contributed by atoms with Crippen molar-refractivity contribution in [2.45, 2.75) is 31.3 Å². The average molecular weight is 336 g/mol. The monoisotopic (exact) mass is 335 g/mol. The Labute approximate surface area is 141 Å². The fourth-order valence-electron chi connectivity index (χ4n) is 3.53. The van der Waals surface area contributed by atoms with Crippen LogP contribution in [0.5, 0.6) is 0 Å². The number of piperidine rings is 1. The summed E-state index contributed by atoms with van der Waals surface area (Å²) >= 11 is 6.08. The molecule has 0 aromatic heterocycles. The van der Waals surface area contributed by atoms with Gasteiger partial charge in [0, 0.05) is 31.1 Å². The van der Waals surface area contributed by atoms with Crippen molar-refractivity contribution >= 4 is 23.4 Å². The predicted octanol–water partition coefficient (Wildman–Crippen LogP) is 1.73. The molecule has 2 saturated heterocycles. The van der Waals surface area contributed by atoms with Crippen molar-refractivity contribution < 1.29 is 9.59 Å². The second-order valence-corrected chi connectivity index (χ2v) is 6.80. The number of nitrogens with one attached hydrogen (secondary N) is 2. The first-order chi connectivity index (χ1) is 11.1. The standard InChI is InChI=1S/C17H22ClN3O2/c1-21-15(22)9-14(16(21)11-4-2-5-12(18)8-11)17(23)20-13-6-3-7-19-10-13/h2,4-5,8,13-14,16,19H,3,6-7,9-10H2,1H3,(H,20,23)/t13-,14?,16?/m0/s1. The molecule has 5 nitrogen and oxygen atoms in total. The minimum atomic E-state index is -0.368. The van der Waals surface area contributed by atoms with Gasteiger partial charge in [-0.1, -0.05) is 23.7 Å². The van der Waals surface area contributed by atoms with Crippen molar-refractivity contribution in [2.75, 3.05) is 20.1 Å². The second kappa shape index (κ2) is 6.89. The van der Waals surface area contributed by atoms with Gasteiger partial charge >= 0.3 is 0 Å². The van der Waals surface area contributed by atoms with Crippen LogP contribution in [0, 0.1) is 5.92 Å². The Morgan fingerprint density at radius 1 is 1.43 bits per heavy atom. The van der Waals surface area contributed by atoms with Crippen molar-refractivity contribution in [3.05, 3.63) is 34.9 Å². The quantitative estimate of drug-likeness (QED) is 0.884.